The predicted octanol–water partition coefficient (Wildman–Crippen LogP) is 5.39. The van der Waals surface area contributed by atoms with E-state index >= 15 is 0 Å². The fourth-order valence-electron chi connectivity index (χ4n) is 6.06. The Morgan fingerprint density at radius 1 is 0.889 bits per heavy atom. The van der Waals surface area contributed by atoms with Gasteiger partial charge in [0.15, 0.2) is 0 Å². The number of aromatic nitrogens is 2. The number of hydrogen-bond acceptors (Lipinski definition) is 11. The Labute approximate surface area is 329 Å². The molecule has 0 saturated heterocycles. The van der Waals surface area contributed by atoms with Crippen molar-refractivity contribution in [2.24, 2.45) is 0 Å². The van der Waals surface area contributed by atoms with Crippen LogP contribution in [0.1, 0.15) is 58.0 Å². The van der Waals surface area contributed by atoms with Gasteiger partial charge in [0.2, 0.25) is 11.8 Å². The largest absolute Gasteiger partial charge is 0.481 e. The number of carboxylic acids is 2. The van der Waals surface area contributed by atoms with Gasteiger partial charge in [-0.15, -0.1) is 0 Å². The summed E-state index contributed by atoms with van der Waals surface area (Å²) in [7, 11) is 1.46. The number of amides is 1. The number of nitrogens with zero attached hydrogens (tertiary/aromatic N) is 2. The van der Waals surface area contributed by atoms with Crippen molar-refractivity contribution in [1.82, 2.24) is 20.6 Å². The van der Waals surface area contributed by atoms with Crippen molar-refractivity contribution in [3.63, 3.8) is 0 Å². The van der Waals surface area contributed by atoms with Crippen LogP contribution >= 0.6 is 39.1 Å². The van der Waals surface area contributed by atoms with Crippen molar-refractivity contribution in [1.29, 1.82) is 0 Å². The number of ether oxygens (including phenoxy) is 2. The number of carbonyl (C=O) groups is 3. The van der Waals surface area contributed by atoms with Crippen LogP contribution in [0.4, 0.5) is 5.82 Å². The van der Waals surface area contributed by atoms with Crippen molar-refractivity contribution in [3.8, 4) is 22.9 Å². The lowest BCUT2D eigenvalue weighted by atomic mass is 9.95. The molecule has 0 aliphatic heterocycles. The number of carboxylic acid groups (broad SMARTS) is 2. The Kier molecular flexibility index (Phi) is 14.2. The Hall–Kier alpha value is -4.35. The first-order valence-corrected chi connectivity index (χ1v) is 18.4. The molecule has 17 heteroatoms. The van der Waals surface area contributed by atoms with Crippen molar-refractivity contribution >= 4 is 62.8 Å². The highest BCUT2D eigenvalue weighted by atomic mass is 79.9. The van der Waals surface area contributed by atoms with E-state index in [1.54, 1.807) is 30.3 Å². The zero-order chi connectivity index (χ0) is 38.9. The summed E-state index contributed by atoms with van der Waals surface area (Å²) < 4.78 is 12.3. The van der Waals surface area contributed by atoms with Gasteiger partial charge in [-0.2, -0.15) is 4.98 Å². The van der Waals surface area contributed by atoms with Gasteiger partial charge in [0.1, 0.15) is 21.5 Å². The molecule has 0 radical (unpaired) electrons. The molecule has 3 atom stereocenters. The van der Waals surface area contributed by atoms with Crippen molar-refractivity contribution in [2.45, 2.75) is 57.1 Å². The topological polar surface area (TPSA) is 212 Å². The minimum absolute atomic E-state index is 0.0552. The van der Waals surface area contributed by atoms with E-state index in [-0.39, 0.29) is 71.8 Å². The number of benzene rings is 2. The molecule has 0 spiro atoms. The highest BCUT2D eigenvalue weighted by Gasteiger charge is 2.29. The van der Waals surface area contributed by atoms with Gasteiger partial charge in [-0.05, 0) is 69.2 Å². The van der Waals surface area contributed by atoms with E-state index in [4.69, 9.17) is 42.9 Å². The number of aliphatic hydroxyl groups excluding tert-OH is 2. The van der Waals surface area contributed by atoms with Gasteiger partial charge in [0.05, 0.1) is 42.7 Å². The van der Waals surface area contributed by atoms with E-state index in [9.17, 15) is 24.6 Å². The minimum Gasteiger partial charge on any atom is -0.481 e. The van der Waals surface area contributed by atoms with Gasteiger partial charge in [-0.1, -0.05) is 59.6 Å². The van der Waals surface area contributed by atoms with E-state index < -0.39 is 30.1 Å². The first-order chi connectivity index (χ1) is 25.8. The Morgan fingerprint density at radius 2 is 1.54 bits per heavy atom. The molecule has 54 heavy (non-hydrogen) atoms. The molecule has 1 aliphatic carbocycles. The van der Waals surface area contributed by atoms with Gasteiger partial charge in [0.25, 0.3) is 5.91 Å². The number of aliphatic carboxylic acids is 2. The summed E-state index contributed by atoms with van der Waals surface area (Å²) in [6, 6.07) is 16.1. The minimum atomic E-state index is -1.10. The molecule has 4 aromatic rings. The number of rotatable bonds is 18. The molecule has 2 unspecified atom stereocenters. The second-order valence-electron chi connectivity index (χ2n) is 12.5. The smallest absolute Gasteiger partial charge is 0.306 e. The molecule has 286 valence electrons. The molecule has 2 heterocycles. The van der Waals surface area contributed by atoms with Crippen LogP contribution in [0.5, 0.6) is 11.8 Å². The number of fused-ring (bicyclic) bond motifs is 1. The van der Waals surface area contributed by atoms with Gasteiger partial charge in [0, 0.05) is 37.3 Å². The second-order valence-corrected chi connectivity index (χ2v) is 14.0. The predicted molar refractivity (Wildman–Crippen MR) is 204 cm³/mol. The van der Waals surface area contributed by atoms with Gasteiger partial charge in [-0.3, -0.25) is 14.4 Å². The van der Waals surface area contributed by atoms with Crippen molar-refractivity contribution < 1.29 is 44.3 Å². The lowest BCUT2D eigenvalue weighted by Crippen LogP contribution is -2.28. The van der Waals surface area contributed by atoms with Crippen LogP contribution < -0.4 is 25.4 Å². The summed E-state index contributed by atoms with van der Waals surface area (Å²) in [5, 5.41) is 46.5. The Morgan fingerprint density at radius 3 is 2.19 bits per heavy atom. The molecule has 7 N–H and O–H groups in total. The van der Waals surface area contributed by atoms with Gasteiger partial charge in [-0.25, -0.2) is 4.98 Å². The van der Waals surface area contributed by atoms with Crippen LogP contribution in [0.25, 0.3) is 11.1 Å². The molecular weight excluding hydrogens is 809 g/mol. The number of hydrogen-bond donors (Lipinski definition) is 7. The van der Waals surface area contributed by atoms with E-state index in [1.165, 1.54) is 7.11 Å². The third kappa shape index (κ3) is 10.4. The number of nitrogens with one attached hydrogen (secondary N) is 3. The molecule has 1 aliphatic rings. The second kappa shape index (κ2) is 18.8. The fraction of sp³-hybridized carbons (Fsp3) is 0.324. The number of anilines is 1. The van der Waals surface area contributed by atoms with Crippen LogP contribution in [0.3, 0.4) is 0 Å². The van der Waals surface area contributed by atoms with Crippen LogP contribution in [0, 0.1) is 0 Å². The molecular formula is C37H38BrCl2N5O9. The summed E-state index contributed by atoms with van der Waals surface area (Å²) in [6.07, 6.45) is -1.91. The summed E-state index contributed by atoms with van der Waals surface area (Å²) in [5.74, 6) is -1.90. The molecule has 0 bridgehead atoms. The van der Waals surface area contributed by atoms with Crippen LogP contribution in [-0.4, -0.2) is 80.6 Å². The zero-order valence-electron chi connectivity index (χ0n) is 28.9. The first kappa shape index (κ1) is 40.8. The summed E-state index contributed by atoms with van der Waals surface area (Å²) in [5.41, 5.74) is 5.06. The van der Waals surface area contributed by atoms with E-state index in [0.29, 0.717) is 35.1 Å². The number of pyridine rings is 2. The maximum atomic E-state index is 13.4. The molecule has 2 aromatic carbocycles. The van der Waals surface area contributed by atoms with Crippen LogP contribution in [-0.2, 0) is 29.1 Å². The van der Waals surface area contributed by atoms with E-state index in [1.807, 2.05) is 24.3 Å². The van der Waals surface area contributed by atoms with Crippen molar-refractivity contribution in [2.75, 3.05) is 25.5 Å². The van der Waals surface area contributed by atoms with E-state index in [2.05, 4.69) is 41.8 Å². The number of carbonyl (C=O) groups excluding carboxylic acids is 1. The number of halogens is 3. The Bertz CT molecular complexity index is 2020. The third-order valence-corrected chi connectivity index (χ3v) is 9.92. The maximum Gasteiger partial charge on any atom is 0.306 e. The average Bonchev–Trinajstić information content (AvgIpc) is 3.52. The summed E-state index contributed by atoms with van der Waals surface area (Å²) in [6.45, 7) is 0.682. The lowest BCUT2D eigenvalue weighted by molar-refractivity contribution is -0.140. The molecule has 14 nitrogen and oxygen atoms in total. The van der Waals surface area contributed by atoms with Gasteiger partial charge >= 0.3 is 11.9 Å². The number of aliphatic hydroxyl groups is 2. The quantitative estimate of drug-likeness (QED) is 0.0627. The molecule has 2 aromatic heterocycles. The van der Waals surface area contributed by atoms with E-state index in [0.717, 1.165) is 22.3 Å². The molecule has 5 rings (SSSR count). The highest BCUT2D eigenvalue weighted by molar-refractivity contribution is 9.10. The molecule has 1 amide bonds. The van der Waals surface area contributed by atoms with Crippen molar-refractivity contribution in [3.05, 3.63) is 97.1 Å². The number of methoxy groups -OCH3 is 1. The highest BCUT2D eigenvalue weighted by Crippen LogP contribution is 2.43. The molecule has 0 fully saturated rings. The fourth-order valence-corrected chi connectivity index (χ4v) is 7.06. The SMILES string of the molecule is COc1nc(O[C@H]2CCc3c(-c4cccc(C(=O)Nc5ccc(CNCC(O)CC(=O)O)c(Br)n5)c4Cl)cccc32)c(Cl)cc1CNCC(O)CC(=O)O. The zero-order valence-corrected chi connectivity index (χ0v) is 32.0. The average molecular weight is 848 g/mol. The maximum absolute atomic E-state index is 13.4. The first-order valence-electron chi connectivity index (χ1n) is 16.8. The standard InChI is InChI=1S/C37H38BrCl2N5O9/c1-53-36-20(16-42-18-22(47)14-32(50)51)12-28(39)37(45-36)54-29-10-9-24-23(4-2-5-25(24)29)26-6-3-7-27(33(26)40)35(52)44-30-11-8-19(34(38)43-30)15-41-17-21(46)13-31(48)49/h2-8,11-12,21-22,29,41-42,46-47H,9-10,13-18H2,1H3,(H,48,49)(H,50,51)(H,43,44,52)/t21?,22?,29-/m0/s1. The summed E-state index contributed by atoms with van der Waals surface area (Å²) >= 11 is 16.9. The third-order valence-electron chi connectivity index (χ3n) is 8.56. The van der Waals surface area contributed by atoms with Gasteiger partial charge < -0.3 is 45.9 Å². The summed E-state index contributed by atoms with van der Waals surface area (Å²) in [4.78, 5) is 43.9. The molecule has 0 saturated carbocycles. The van der Waals surface area contributed by atoms with Crippen LogP contribution in [0.2, 0.25) is 10.0 Å². The van der Waals surface area contributed by atoms with Crippen LogP contribution in [0.15, 0.2) is 59.2 Å². The Balaban J connectivity index is 1.27. The normalized spacial score (nSPS) is 14.6. The lowest BCUT2D eigenvalue weighted by Gasteiger charge is -2.18. The monoisotopic (exact) mass is 845 g/mol.